The molecule has 24 heavy (non-hydrogen) atoms. The van der Waals surface area contributed by atoms with Crippen LogP contribution in [-0.2, 0) is 20.7 Å². The molecule has 1 aromatic carbocycles. The summed E-state index contributed by atoms with van der Waals surface area (Å²) in [5, 5.41) is 37.0. The minimum absolute atomic E-state index is 0.122. The number of hydrogen-bond acceptors (Lipinski definition) is 8. The van der Waals surface area contributed by atoms with Crippen LogP contribution in [0.1, 0.15) is 5.56 Å². The Kier molecular flexibility index (Phi) is 5.39. The van der Waals surface area contributed by atoms with Crippen molar-refractivity contribution in [1.82, 2.24) is 0 Å². The fourth-order valence-corrected chi connectivity index (χ4v) is 2.08. The van der Waals surface area contributed by atoms with Crippen LogP contribution in [0.15, 0.2) is 35.8 Å². The molecule has 130 valence electrons. The molecule has 1 aliphatic rings. The first-order valence-electron chi connectivity index (χ1n) is 7.01. The lowest BCUT2D eigenvalue weighted by atomic mass is 10.1. The SMILES string of the molecule is N[C@@H](Cc1ccc(OC2=C(O)C(=O)O[C@@H]2[C@@H](O)CO)cc1)C(=O)O. The smallest absolute Gasteiger partial charge is 0.378 e. The monoisotopic (exact) mass is 339 g/mol. The summed E-state index contributed by atoms with van der Waals surface area (Å²) in [7, 11) is 0. The number of rotatable bonds is 7. The summed E-state index contributed by atoms with van der Waals surface area (Å²) < 4.78 is 10.1. The van der Waals surface area contributed by atoms with Gasteiger partial charge in [0.1, 0.15) is 17.9 Å². The number of ether oxygens (including phenoxy) is 2. The van der Waals surface area contributed by atoms with Crippen molar-refractivity contribution in [3.8, 4) is 5.75 Å². The molecule has 0 saturated carbocycles. The molecule has 0 bridgehead atoms. The summed E-state index contributed by atoms with van der Waals surface area (Å²) in [5.74, 6) is -3.06. The molecule has 0 spiro atoms. The van der Waals surface area contributed by atoms with Crippen molar-refractivity contribution >= 4 is 11.9 Å². The van der Waals surface area contributed by atoms with Gasteiger partial charge in [0.25, 0.3) is 0 Å². The molecule has 1 heterocycles. The van der Waals surface area contributed by atoms with Gasteiger partial charge in [-0.1, -0.05) is 12.1 Å². The topological polar surface area (TPSA) is 160 Å². The number of carbonyl (C=O) groups is 2. The fraction of sp³-hybridized carbons (Fsp3) is 0.333. The Hall–Kier alpha value is -2.62. The van der Waals surface area contributed by atoms with Crippen LogP contribution in [0.2, 0.25) is 0 Å². The number of aliphatic hydroxyl groups is 3. The van der Waals surface area contributed by atoms with Gasteiger partial charge in [-0.2, -0.15) is 0 Å². The van der Waals surface area contributed by atoms with Gasteiger partial charge in [-0.05, 0) is 24.1 Å². The Bertz CT molecular complexity index is 654. The van der Waals surface area contributed by atoms with E-state index in [0.29, 0.717) is 5.56 Å². The van der Waals surface area contributed by atoms with Gasteiger partial charge >= 0.3 is 11.9 Å². The Morgan fingerprint density at radius 2 is 1.96 bits per heavy atom. The van der Waals surface area contributed by atoms with E-state index in [1.807, 2.05) is 0 Å². The van der Waals surface area contributed by atoms with E-state index in [1.165, 1.54) is 12.1 Å². The average molecular weight is 339 g/mol. The molecule has 9 heteroatoms. The normalized spacial score (nSPS) is 19.8. The molecular formula is C15H17NO8. The van der Waals surface area contributed by atoms with Crippen LogP contribution in [0.5, 0.6) is 5.75 Å². The van der Waals surface area contributed by atoms with Crippen LogP contribution in [0.4, 0.5) is 0 Å². The van der Waals surface area contributed by atoms with Crippen molar-refractivity contribution in [1.29, 1.82) is 0 Å². The van der Waals surface area contributed by atoms with E-state index in [-0.39, 0.29) is 17.9 Å². The zero-order valence-corrected chi connectivity index (χ0v) is 12.5. The standard InChI is InChI=1S/C15H17NO8/c16-9(14(20)21)5-7-1-3-8(4-2-7)23-13-11(19)15(22)24-12(13)10(18)6-17/h1-4,9-10,12,17-19H,5-6,16H2,(H,20,21)/t9-,10-,12+/m0/s1. The second kappa shape index (κ2) is 7.30. The number of aliphatic carboxylic acids is 1. The maximum absolute atomic E-state index is 11.4. The highest BCUT2D eigenvalue weighted by atomic mass is 16.6. The zero-order valence-electron chi connectivity index (χ0n) is 12.5. The molecule has 9 nitrogen and oxygen atoms in total. The number of cyclic esters (lactones) is 1. The molecule has 0 fully saturated rings. The highest BCUT2D eigenvalue weighted by molar-refractivity contribution is 5.89. The number of nitrogens with two attached hydrogens (primary N) is 1. The van der Waals surface area contributed by atoms with Crippen molar-refractivity contribution in [2.45, 2.75) is 24.7 Å². The Balaban J connectivity index is 2.12. The minimum atomic E-state index is -1.44. The first-order valence-corrected chi connectivity index (χ1v) is 7.01. The first kappa shape index (κ1) is 17.7. The molecule has 1 aliphatic heterocycles. The van der Waals surface area contributed by atoms with E-state index in [0.717, 1.165) is 0 Å². The molecular weight excluding hydrogens is 322 g/mol. The Morgan fingerprint density at radius 3 is 2.50 bits per heavy atom. The minimum Gasteiger partial charge on any atom is -0.499 e. The maximum atomic E-state index is 11.4. The third-order valence-electron chi connectivity index (χ3n) is 3.38. The molecule has 0 amide bonds. The molecule has 6 N–H and O–H groups in total. The zero-order chi connectivity index (χ0) is 17.9. The van der Waals surface area contributed by atoms with E-state index in [2.05, 4.69) is 0 Å². The summed E-state index contributed by atoms with van der Waals surface area (Å²) in [4.78, 5) is 22.1. The van der Waals surface area contributed by atoms with Crippen LogP contribution < -0.4 is 10.5 Å². The molecule has 0 saturated heterocycles. The Morgan fingerprint density at radius 1 is 1.33 bits per heavy atom. The van der Waals surface area contributed by atoms with Gasteiger partial charge in [-0.25, -0.2) is 4.79 Å². The van der Waals surface area contributed by atoms with Crippen molar-refractivity contribution in [2.75, 3.05) is 6.61 Å². The predicted octanol–water partition coefficient (Wildman–Crippen LogP) is -0.932. The third-order valence-corrected chi connectivity index (χ3v) is 3.38. The van der Waals surface area contributed by atoms with Gasteiger partial charge in [-0.15, -0.1) is 0 Å². The summed E-state index contributed by atoms with van der Waals surface area (Å²) in [5.41, 5.74) is 6.10. The number of aliphatic hydroxyl groups excluding tert-OH is 3. The number of benzene rings is 1. The van der Waals surface area contributed by atoms with Crippen LogP contribution >= 0.6 is 0 Å². The quantitative estimate of drug-likeness (QED) is 0.395. The lowest BCUT2D eigenvalue weighted by molar-refractivity contribution is -0.147. The number of carboxylic acids is 1. The van der Waals surface area contributed by atoms with Crippen LogP contribution in [0, 0.1) is 0 Å². The van der Waals surface area contributed by atoms with Crippen molar-refractivity contribution < 1.29 is 39.5 Å². The maximum Gasteiger partial charge on any atom is 0.378 e. The van der Waals surface area contributed by atoms with Crippen molar-refractivity contribution in [3.63, 3.8) is 0 Å². The molecule has 0 aliphatic carbocycles. The second-order valence-corrected chi connectivity index (χ2v) is 5.18. The van der Waals surface area contributed by atoms with Gasteiger partial charge in [0.05, 0.1) is 6.61 Å². The predicted molar refractivity (Wildman–Crippen MR) is 79.0 cm³/mol. The summed E-state index contributed by atoms with van der Waals surface area (Å²) >= 11 is 0. The van der Waals surface area contributed by atoms with E-state index in [9.17, 15) is 19.8 Å². The molecule has 2 rings (SSSR count). The van der Waals surface area contributed by atoms with Crippen molar-refractivity contribution in [3.05, 3.63) is 41.3 Å². The number of hydrogen-bond donors (Lipinski definition) is 5. The van der Waals surface area contributed by atoms with E-state index in [1.54, 1.807) is 12.1 Å². The summed E-state index contributed by atoms with van der Waals surface area (Å²) in [6.07, 6.45) is -2.64. The second-order valence-electron chi connectivity index (χ2n) is 5.18. The lowest BCUT2D eigenvalue weighted by Gasteiger charge is -2.18. The number of carboxylic acid groups (broad SMARTS) is 1. The third kappa shape index (κ3) is 3.82. The van der Waals surface area contributed by atoms with Crippen LogP contribution in [0.3, 0.4) is 0 Å². The Labute approximate surface area is 136 Å². The van der Waals surface area contributed by atoms with Crippen LogP contribution in [-0.4, -0.2) is 57.2 Å². The summed E-state index contributed by atoms with van der Waals surface area (Å²) in [6, 6.07) is 5.08. The van der Waals surface area contributed by atoms with Gasteiger partial charge in [0, 0.05) is 0 Å². The lowest BCUT2D eigenvalue weighted by Crippen LogP contribution is -2.33. The molecule has 3 atom stereocenters. The first-order chi connectivity index (χ1) is 11.3. The molecule has 0 unspecified atom stereocenters. The molecule has 0 radical (unpaired) electrons. The van der Waals surface area contributed by atoms with E-state index >= 15 is 0 Å². The highest BCUT2D eigenvalue weighted by Gasteiger charge is 2.40. The van der Waals surface area contributed by atoms with Crippen LogP contribution in [0.25, 0.3) is 0 Å². The molecule has 0 aromatic heterocycles. The van der Waals surface area contributed by atoms with Gasteiger partial charge < -0.3 is 35.6 Å². The van der Waals surface area contributed by atoms with Gasteiger partial charge in [-0.3, -0.25) is 4.79 Å². The summed E-state index contributed by atoms with van der Waals surface area (Å²) in [6.45, 7) is -0.690. The van der Waals surface area contributed by atoms with E-state index < -0.39 is 42.6 Å². The number of esters is 1. The van der Waals surface area contributed by atoms with Gasteiger partial charge in [0.15, 0.2) is 11.9 Å². The fourth-order valence-electron chi connectivity index (χ4n) is 2.08. The van der Waals surface area contributed by atoms with E-state index in [4.69, 9.17) is 25.4 Å². The van der Waals surface area contributed by atoms with Crippen molar-refractivity contribution in [2.24, 2.45) is 5.73 Å². The number of carbonyl (C=O) groups excluding carboxylic acids is 1. The molecule has 1 aromatic rings. The largest absolute Gasteiger partial charge is 0.499 e. The van der Waals surface area contributed by atoms with Gasteiger partial charge in [0.2, 0.25) is 5.76 Å². The highest BCUT2D eigenvalue weighted by Crippen LogP contribution is 2.27. The average Bonchev–Trinajstić information content (AvgIpc) is 2.84.